The standard InChI is InChI=1S/C53H32N4S/c1-2-13-33(14-3-1)34-25-27-36(28-26-34)51-54-52(43-22-12-18-35-15-6-7-19-39(35)43)56-53(55-51)44-30-29-42-41-21-9-11-24-48(41)58-50(42)49(44)57-46-23-10-8-20-40(46)45-31-37-16-4-5-17-38(37)32-47(45)57/h1-32H. The maximum atomic E-state index is 5.43. The molecular formula is C53H32N4S. The maximum absolute atomic E-state index is 5.43. The summed E-state index contributed by atoms with van der Waals surface area (Å²) in [4.78, 5) is 16.1. The summed E-state index contributed by atoms with van der Waals surface area (Å²) in [7, 11) is 0. The van der Waals surface area contributed by atoms with E-state index in [-0.39, 0.29) is 0 Å². The molecule has 0 bridgehead atoms. The van der Waals surface area contributed by atoms with Gasteiger partial charge in [-0.25, -0.2) is 15.0 Å². The van der Waals surface area contributed by atoms with Gasteiger partial charge in [-0.15, -0.1) is 11.3 Å². The Labute approximate surface area is 338 Å². The highest BCUT2D eigenvalue weighted by Crippen LogP contribution is 2.45. The Hall–Kier alpha value is -7.47. The van der Waals surface area contributed by atoms with Crippen LogP contribution in [0.4, 0.5) is 0 Å². The minimum atomic E-state index is 0.626. The summed E-state index contributed by atoms with van der Waals surface area (Å²) < 4.78 is 4.89. The van der Waals surface area contributed by atoms with Crippen LogP contribution in [0.15, 0.2) is 194 Å². The van der Waals surface area contributed by atoms with Crippen molar-refractivity contribution in [3.8, 4) is 51.0 Å². The van der Waals surface area contributed by atoms with Crippen LogP contribution in [0.3, 0.4) is 0 Å². The Balaban J connectivity index is 1.18. The average Bonchev–Trinajstić information content (AvgIpc) is 3.83. The van der Waals surface area contributed by atoms with E-state index in [1.165, 1.54) is 47.3 Å². The van der Waals surface area contributed by atoms with E-state index in [0.29, 0.717) is 17.5 Å². The molecule has 3 heterocycles. The van der Waals surface area contributed by atoms with Crippen LogP contribution >= 0.6 is 11.3 Å². The highest BCUT2D eigenvalue weighted by atomic mass is 32.1. The second-order valence-corrected chi connectivity index (χ2v) is 15.8. The van der Waals surface area contributed by atoms with Crippen molar-refractivity contribution >= 4 is 74.9 Å². The topological polar surface area (TPSA) is 43.6 Å². The van der Waals surface area contributed by atoms with Crippen molar-refractivity contribution in [3.05, 3.63) is 194 Å². The summed E-state index contributed by atoms with van der Waals surface area (Å²) in [6, 6.07) is 69.1. The van der Waals surface area contributed by atoms with E-state index < -0.39 is 0 Å². The Morgan fingerprint density at radius 2 is 0.948 bits per heavy atom. The largest absolute Gasteiger partial charge is 0.307 e. The summed E-state index contributed by atoms with van der Waals surface area (Å²) in [5, 5.41) is 9.53. The first-order chi connectivity index (χ1) is 28.7. The number of rotatable bonds is 5. The third-order valence-electron chi connectivity index (χ3n) is 11.4. The molecular weight excluding hydrogens is 725 g/mol. The van der Waals surface area contributed by atoms with Crippen LogP contribution in [0, 0.1) is 0 Å². The molecule has 0 aliphatic carbocycles. The lowest BCUT2D eigenvalue weighted by Gasteiger charge is -2.16. The van der Waals surface area contributed by atoms with Crippen molar-refractivity contribution < 1.29 is 0 Å². The Morgan fingerprint density at radius 3 is 1.78 bits per heavy atom. The maximum Gasteiger partial charge on any atom is 0.166 e. The average molecular weight is 757 g/mol. The summed E-state index contributed by atoms with van der Waals surface area (Å²) in [6.45, 7) is 0. The van der Waals surface area contributed by atoms with E-state index >= 15 is 0 Å². The normalized spacial score (nSPS) is 11.8. The molecule has 0 unspecified atom stereocenters. The van der Waals surface area contributed by atoms with Crippen molar-refractivity contribution in [3.63, 3.8) is 0 Å². The van der Waals surface area contributed by atoms with Crippen LogP contribution in [0.1, 0.15) is 0 Å². The van der Waals surface area contributed by atoms with Crippen LogP contribution in [-0.4, -0.2) is 19.5 Å². The summed E-state index contributed by atoms with van der Waals surface area (Å²) in [5.74, 6) is 1.89. The molecule has 0 N–H and O–H groups in total. The lowest BCUT2D eigenvalue weighted by atomic mass is 10.0. The summed E-state index contributed by atoms with van der Waals surface area (Å²) >= 11 is 1.83. The molecule has 9 aromatic carbocycles. The Kier molecular flexibility index (Phi) is 7.37. The molecule has 58 heavy (non-hydrogen) atoms. The number of benzene rings is 9. The minimum absolute atomic E-state index is 0.626. The van der Waals surface area contributed by atoms with E-state index in [9.17, 15) is 0 Å². The zero-order valence-electron chi connectivity index (χ0n) is 31.2. The molecule has 3 aromatic heterocycles. The quantitative estimate of drug-likeness (QED) is 0.176. The highest BCUT2D eigenvalue weighted by molar-refractivity contribution is 7.26. The highest BCUT2D eigenvalue weighted by Gasteiger charge is 2.24. The molecule has 0 spiro atoms. The molecule has 0 fully saturated rings. The predicted octanol–water partition coefficient (Wildman–Crippen LogP) is 14.3. The van der Waals surface area contributed by atoms with E-state index in [1.54, 1.807) is 0 Å². The third kappa shape index (κ3) is 5.18. The van der Waals surface area contributed by atoms with Gasteiger partial charge in [-0.1, -0.05) is 164 Å². The fourth-order valence-electron chi connectivity index (χ4n) is 8.68. The molecule has 12 aromatic rings. The van der Waals surface area contributed by atoms with Crippen LogP contribution < -0.4 is 0 Å². The van der Waals surface area contributed by atoms with Gasteiger partial charge in [-0.2, -0.15) is 0 Å². The van der Waals surface area contributed by atoms with Gasteiger partial charge >= 0.3 is 0 Å². The zero-order chi connectivity index (χ0) is 38.2. The van der Waals surface area contributed by atoms with Gasteiger partial charge in [0.25, 0.3) is 0 Å². The number of para-hydroxylation sites is 1. The molecule has 12 rings (SSSR count). The molecule has 0 atom stereocenters. The molecule has 0 aliphatic rings. The molecule has 0 saturated heterocycles. The van der Waals surface area contributed by atoms with Crippen molar-refractivity contribution in [1.82, 2.24) is 19.5 Å². The zero-order valence-corrected chi connectivity index (χ0v) is 32.0. The SMILES string of the molecule is c1ccc(-c2ccc(-c3nc(-c4ccc5c(sc6ccccc65)c4-n4c5ccccc5c5cc6ccccc6cc54)nc(-c4cccc5ccccc45)n3)cc2)cc1. The lowest BCUT2D eigenvalue weighted by Crippen LogP contribution is -2.04. The predicted molar refractivity (Wildman–Crippen MR) is 244 cm³/mol. The number of hydrogen-bond acceptors (Lipinski definition) is 4. The minimum Gasteiger partial charge on any atom is -0.307 e. The first-order valence-corrected chi connectivity index (χ1v) is 20.3. The number of nitrogens with zero attached hydrogens (tertiary/aromatic N) is 4. The van der Waals surface area contributed by atoms with Gasteiger partial charge in [-0.05, 0) is 63.0 Å². The summed E-state index contributed by atoms with van der Waals surface area (Å²) in [6.07, 6.45) is 0. The first-order valence-electron chi connectivity index (χ1n) is 19.5. The van der Waals surface area contributed by atoms with E-state index in [0.717, 1.165) is 49.7 Å². The fourth-order valence-corrected chi connectivity index (χ4v) is 9.92. The molecule has 5 heteroatoms. The summed E-state index contributed by atoms with van der Waals surface area (Å²) in [5.41, 5.74) is 8.51. The van der Waals surface area contributed by atoms with Gasteiger partial charge < -0.3 is 4.57 Å². The Bertz CT molecular complexity index is 3560. The molecule has 0 aliphatic heterocycles. The molecule has 0 saturated carbocycles. The van der Waals surface area contributed by atoms with Crippen molar-refractivity contribution in [2.45, 2.75) is 0 Å². The number of aromatic nitrogens is 4. The lowest BCUT2D eigenvalue weighted by molar-refractivity contribution is 1.07. The van der Waals surface area contributed by atoms with Gasteiger partial charge in [0.05, 0.1) is 21.4 Å². The fraction of sp³-hybridized carbons (Fsp3) is 0. The van der Waals surface area contributed by atoms with Gasteiger partial charge in [-0.3, -0.25) is 0 Å². The second kappa shape index (κ2) is 13.1. The van der Waals surface area contributed by atoms with Gasteiger partial charge in [0, 0.05) is 42.9 Å². The number of thiophene rings is 1. The van der Waals surface area contributed by atoms with E-state index in [1.807, 2.05) is 17.4 Å². The van der Waals surface area contributed by atoms with Gasteiger partial charge in [0.15, 0.2) is 17.5 Å². The van der Waals surface area contributed by atoms with E-state index in [2.05, 4.69) is 193 Å². The smallest absolute Gasteiger partial charge is 0.166 e. The number of fused-ring (bicyclic) bond motifs is 8. The first kappa shape index (κ1) is 32.7. The van der Waals surface area contributed by atoms with Crippen LogP contribution in [0.25, 0.3) is 115 Å². The monoisotopic (exact) mass is 756 g/mol. The van der Waals surface area contributed by atoms with Crippen LogP contribution in [-0.2, 0) is 0 Å². The van der Waals surface area contributed by atoms with Gasteiger partial charge in [0.2, 0.25) is 0 Å². The second-order valence-electron chi connectivity index (χ2n) is 14.8. The van der Waals surface area contributed by atoms with Crippen molar-refractivity contribution in [1.29, 1.82) is 0 Å². The van der Waals surface area contributed by atoms with Crippen molar-refractivity contribution in [2.24, 2.45) is 0 Å². The Morgan fingerprint density at radius 1 is 0.345 bits per heavy atom. The molecule has 0 amide bonds. The molecule has 270 valence electrons. The van der Waals surface area contributed by atoms with Crippen molar-refractivity contribution in [2.75, 3.05) is 0 Å². The van der Waals surface area contributed by atoms with Gasteiger partial charge in [0.1, 0.15) is 0 Å². The third-order valence-corrected chi connectivity index (χ3v) is 12.6. The van der Waals surface area contributed by atoms with Crippen LogP contribution in [0.5, 0.6) is 0 Å². The van der Waals surface area contributed by atoms with Crippen LogP contribution in [0.2, 0.25) is 0 Å². The number of hydrogen-bond donors (Lipinski definition) is 0. The van der Waals surface area contributed by atoms with E-state index in [4.69, 9.17) is 15.0 Å². The molecule has 0 radical (unpaired) electrons. The molecule has 4 nitrogen and oxygen atoms in total.